The summed E-state index contributed by atoms with van der Waals surface area (Å²) in [5, 5.41) is 5.14. The highest BCUT2D eigenvalue weighted by Gasteiger charge is 2.16. The summed E-state index contributed by atoms with van der Waals surface area (Å²) in [6.45, 7) is 6.80. The van der Waals surface area contributed by atoms with Gasteiger partial charge in [-0.25, -0.2) is 4.98 Å². The number of benzene rings is 4. The predicted molar refractivity (Wildman–Crippen MR) is 128 cm³/mol. The van der Waals surface area contributed by atoms with E-state index in [4.69, 9.17) is 0 Å². The van der Waals surface area contributed by atoms with Crippen LogP contribution < -0.4 is 4.98 Å². The van der Waals surface area contributed by atoms with E-state index in [0.29, 0.717) is 0 Å². The van der Waals surface area contributed by atoms with Crippen LogP contribution in [0.5, 0.6) is 0 Å². The summed E-state index contributed by atoms with van der Waals surface area (Å²) in [5.74, 6) is 0. The van der Waals surface area contributed by atoms with Crippen molar-refractivity contribution in [3.63, 3.8) is 0 Å². The normalized spacial score (nSPS) is 11.8. The van der Waals surface area contributed by atoms with E-state index >= 15 is 0 Å². The number of hydrogen-bond acceptors (Lipinski definition) is 0. The molecule has 1 nitrogen and oxygen atoms in total. The molecule has 0 bridgehead atoms. The second-order valence-corrected chi connectivity index (χ2v) is 9.01. The Hall–Kier alpha value is -3.45. The third kappa shape index (κ3) is 3.27. The lowest BCUT2D eigenvalue weighted by atomic mass is 9.85. The molecule has 30 heavy (non-hydrogen) atoms. The van der Waals surface area contributed by atoms with Gasteiger partial charge in [-0.05, 0) is 51.1 Å². The molecule has 1 heterocycles. The maximum absolute atomic E-state index is 3.49. The molecule has 0 saturated heterocycles. The standard InChI is InChI=1S/C29H25N/c1-29(2,3)24-14-16-25-23(19-24)13-15-27-26(25)17-18-30-28(27)22-11-9-21(10-12-22)20-7-5-4-6-8-20/h4-19H,1-3H3/p+1. The predicted octanol–water partition coefficient (Wildman–Crippen LogP) is 7.44. The van der Waals surface area contributed by atoms with E-state index in [9.17, 15) is 0 Å². The van der Waals surface area contributed by atoms with Gasteiger partial charge in [0.15, 0.2) is 6.20 Å². The molecular formula is C29H26N+. The first-order chi connectivity index (χ1) is 14.5. The van der Waals surface area contributed by atoms with Crippen molar-refractivity contribution >= 4 is 21.5 Å². The van der Waals surface area contributed by atoms with Gasteiger partial charge in [-0.1, -0.05) is 87.5 Å². The Balaban J connectivity index is 1.62. The van der Waals surface area contributed by atoms with Crippen molar-refractivity contribution in [1.82, 2.24) is 0 Å². The average molecular weight is 389 g/mol. The van der Waals surface area contributed by atoms with Crippen LogP contribution in [0.1, 0.15) is 26.3 Å². The fourth-order valence-electron chi connectivity index (χ4n) is 4.20. The number of aromatic amines is 1. The third-order valence-corrected chi connectivity index (χ3v) is 5.96. The molecule has 0 aliphatic heterocycles. The molecule has 5 rings (SSSR count). The Labute approximate surface area is 178 Å². The molecule has 1 aromatic heterocycles. The second kappa shape index (κ2) is 7.11. The molecule has 0 spiro atoms. The van der Waals surface area contributed by atoms with Crippen LogP contribution in [-0.2, 0) is 5.41 Å². The molecule has 146 valence electrons. The van der Waals surface area contributed by atoms with Crippen molar-refractivity contribution in [2.45, 2.75) is 26.2 Å². The summed E-state index contributed by atoms with van der Waals surface area (Å²) >= 11 is 0. The largest absolute Gasteiger partial charge is 0.218 e. The van der Waals surface area contributed by atoms with Gasteiger partial charge in [-0.15, -0.1) is 0 Å². The van der Waals surface area contributed by atoms with Crippen LogP contribution in [-0.4, -0.2) is 0 Å². The molecule has 1 heteroatoms. The molecule has 0 amide bonds. The first-order valence-electron chi connectivity index (χ1n) is 10.5. The zero-order valence-electron chi connectivity index (χ0n) is 17.7. The van der Waals surface area contributed by atoms with Crippen LogP contribution >= 0.6 is 0 Å². The molecule has 1 N–H and O–H groups in total. The van der Waals surface area contributed by atoms with Crippen LogP contribution in [0.15, 0.2) is 97.2 Å². The Morgan fingerprint density at radius 3 is 1.97 bits per heavy atom. The van der Waals surface area contributed by atoms with Crippen molar-refractivity contribution in [2.75, 3.05) is 0 Å². The van der Waals surface area contributed by atoms with E-state index in [1.165, 1.54) is 43.8 Å². The van der Waals surface area contributed by atoms with E-state index in [2.05, 4.69) is 123 Å². The van der Waals surface area contributed by atoms with E-state index in [1.54, 1.807) is 0 Å². The number of aromatic nitrogens is 1. The highest BCUT2D eigenvalue weighted by atomic mass is 14.7. The number of pyridine rings is 1. The lowest BCUT2D eigenvalue weighted by Gasteiger charge is -2.19. The Bertz CT molecular complexity index is 1340. The first-order valence-corrected chi connectivity index (χ1v) is 10.5. The minimum absolute atomic E-state index is 0.152. The molecular weight excluding hydrogens is 362 g/mol. The zero-order chi connectivity index (χ0) is 20.7. The number of rotatable bonds is 2. The van der Waals surface area contributed by atoms with Gasteiger partial charge in [0.25, 0.3) is 0 Å². The van der Waals surface area contributed by atoms with Crippen molar-refractivity contribution in [3.8, 4) is 22.4 Å². The molecule has 0 aliphatic carbocycles. The number of H-pyrrole nitrogens is 1. The van der Waals surface area contributed by atoms with Crippen LogP contribution in [0.4, 0.5) is 0 Å². The smallest absolute Gasteiger partial charge is 0.211 e. The molecule has 0 unspecified atom stereocenters. The summed E-state index contributed by atoms with van der Waals surface area (Å²) in [5.41, 5.74) is 6.36. The quantitative estimate of drug-likeness (QED) is 0.279. The lowest BCUT2D eigenvalue weighted by Crippen LogP contribution is -2.10. The molecule has 0 fully saturated rings. The van der Waals surface area contributed by atoms with E-state index < -0.39 is 0 Å². The van der Waals surface area contributed by atoms with Crippen molar-refractivity contribution in [1.29, 1.82) is 0 Å². The highest BCUT2D eigenvalue weighted by molar-refractivity contribution is 6.10. The fourth-order valence-corrected chi connectivity index (χ4v) is 4.20. The van der Waals surface area contributed by atoms with E-state index in [-0.39, 0.29) is 5.41 Å². The summed E-state index contributed by atoms with van der Waals surface area (Å²) in [4.78, 5) is 3.49. The van der Waals surface area contributed by atoms with E-state index in [1.807, 2.05) is 0 Å². The van der Waals surface area contributed by atoms with Gasteiger partial charge in [0.05, 0.1) is 5.39 Å². The van der Waals surface area contributed by atoms with Crippen LogP contribution in [0.3, 0.4) is 0 Å². The summed E-state index contributed by atoms with van der Waals surface area (Å²) in [6, 6.07) is 32.9. The monoisotopic (exact) mass is 388 g/mol. The van der Waals surface area contributed by atoms with Crippen LogP contribution in [0.25, 0.3) is 43.9 Å². The Kier molecular flexibility index (Phi) is 4.40. The molecule has 0 saturated carbocycles. The minimum atomic E-state index is 0.152. The highest BCUT2D eigenvalue weighted by Crippen LogP contribution is 2.33. The van der Waals surface area contributed by atoms with Gasteiger partial charge in [-0.2, -0.15) is 0 Å². The number of fused-ring (bicyclic) bond motifs is 3. The SMILES string of the molecule is CC(C)(C)c1ccc2c(ccc3c(-c4ccc(-c5ccccc5)cc4)[nH+]ccc32)c1. The molecule has 0 radical (unpaired) electrons. The first kappa shape index (κ1) is 18.6. The Morgan fingerprint density at radius 1 is 0.567 bits per heavy atom. The van der Waals surface area contributed by atoms with Gasteiger partial charge < -0.3 is 0 Å². The van der Waals surface area contributed by atoms with Crippen molar-refractivity contribution < 1.29 is 4.98 Å². The summed E-state index contributed by atoms with van der Waals surface area (Å²) < 4.78 is 0. The fraction of sp³-hybridized carbons (Fsp3) is 0.138. The van der Waals surface area contributed by atoms with Gasteiger partial charge in [0, 0.05) is 17.0 Å². The minimum Gasteiger partial charge on any atom is -0.211 e. The number of nitrogens with one attached hydrogen (secondary N) is 1. The molecule has 4 aromatic carbocycles. The second-order valence-electron chi connectivity index (χ2n) is 9.01. The van der Waals surface area contributed by atoms with Crippen LogP contribution in [0, 0.1) is 0 Å². The topological polar surface area (TPSA) is 14.1 Å². The maximum atomic E-state index is 3.49. The van der Waals surface area contributed by atoms with Gasteiger partial charge >= 0.3 is 0 Å². The van der Waals surface area contributed by atoms with Gasteiger partial charge in [0.1, 0.15) is 0 Å². The van der Waals surface area contributed by atoms with Crippen LogP contribution in [0.2, 0.25) is 0 Å². The van der Waals surface area contributed by atoms with E-state index in [0.717, 1.165) is 5.69 Å². The Morgan fingerprint density at radius 2 is 1.23 bits per heavy atom. The van der Waals surface area contributed by atoms with Crippen molar-refractivity contribution in [3.05, 3.63) is 103 Å². The van der Waals surface area contributed by atoms with Crippen molar-refractivity contribution in [2.24, 2.45) is 0 Å². The molecule has 0 atom stereocenters. The average Bonchev–Trinajstić information content (AvgIpc) is 2.78. The van der Waals surface area contributed by atoms with Gasteiger partial charge in [0.2, 0.25) is 5.69 Å². The number of hydrogen-bond donors (Lipinski definition) is 0. The zero-order valence-corrected chi connectivity index (χ0v) is 17.7. The summed E-state index contributed by atoms with van der Waals surface area (Å²) in [7, 11) is 0. The molecule has 0 aliphatic rings. The third-order valence-electron chi connectivity index (χ3n) is 5.96. The maximum Gasteiger partial charge on any atom is 0.218 e. The van der Waals surface area contributed by atoms with Gasteiger partial charge in [-0.3, -0.25) is 0 Å². The lowest BCUT2D eigenvalue weighted by molar-refractivity contribution is -0.362. The molecule has 5 aromatic rings. The summed E-state index contributed by atoms with van der Waals surface area (Å²) in [6.07, 6.45) is 2.06.